The van der Waals surface area contributed by atoms with E-state index in [1.54, 1.807) is 55.5 Å². The van der Waals surface area contributed by atoms with Gasteiger partial charge in [0.25, 0.3) is 10.0 Å². The van der Waals surface area contributed by atoms with Crippen LogP contribution in [0, 0.1) is 6.92 Å². The van der Waals surface area contributed by atoms with Gasteiger partial charge in [0.15, 0.2) is 0 Å². The molecule has 43 heavy (non-hydrogen) atoms. The maximum atomic E-state index is 14.3. The average molecular weight is 665 g/mol. The number of anilines is 1. The highest BCUT2D eigenvalue weighted by atomic mass is 35.5. The molecule has 1 atom stereocenters. The minimum atomic E-state index is -4.20. The van der Waals surface area contributed by atoms with Crippen molar-refractivity contribution in [2.75, 3.05) is 10.8 Å². The minimum absolute atomic E-state index is 0.0147. The normalized spacial score (nSPS) is 14.6. The van der Waals surface area contributed by atoms with Gasteiger partial charge in [-0.25, -0.2) is 8.42 Å². The summed E-state index contributed by atoms with van der Waals surface area (Å²) in [6.45, 7) is 3.01. The van der Waals surface area contributed by atoms with E-state index in [2.05, 4.69) is 5.32 Å². The molecule has 1 fully saturated rings. The van der Waals surface area contributed by atoms with Gasteiger partial charge in [0, 0.05) is 27.7 Å². The summed E-state index contributed by atoms with van der Waals surface area (Å²) in [5, 5.41) is 4.24. The number of nitrogens with zero attached hydrogens (tertiary/aromatic N) is 2. The number of rotatable bonds is 11. The highest BCUT2D eigenvalue weighted by Crippen LogP contribution is 2.31. The second-order valence-electron chi connectivity index (χ2n) is 10.8. The van der Waals surface area contributed by atoms with Crippen LogP contribution in [0.5, 0.6) is 0 Å². The molecule has 2 amide bonds. The molecule has 7 nitrogen and oxygen atoms in total. The number of aryl methyl sites for hydroxylation is 1. The predicted molar refractivity (Wildman–Crippen MR) is 173 cm³/mol. The van der Waals surface area contributed by atoms with Gasteiger partial charge in [-0.15, -0.1) is 0 Å². The van der Waals surface area contributed by atoms with Crippen molar-refractivity contribution in [1.29, 1.82) is 0 Å². The number of sulfonamides is 1. The van der Waals surface area contributed by atoms with Crippen LogP contribution >= 0.6 is 34.8 Å². The third-order valence-electron chi connectivity index (χ3n) is 7.74. The molecule has 1 unspecified atom stereocenters. The Balaban J connectivity index is 1.75. The molecule has 0 saturated heterocycles. The first-order chi connectivity index (χ1) is 20.5. The van der Waals surface area contributed by atoms with E-state index in [9.17, 15) is 18.0 Å². The summed E-state index contributed by atoms with van der Waals surface area (Å²) in [7, 11) is -4.20. The SMILES string of the molecule is CCC(C(=O)NC1CCCCC1)N(Cc1ccc(Cl)cc1Cl)C(=O)CN(c1cc(Cl)ccc1C)S(=O)(=O)c1ccccc1. The van der Waals surface area contributed by atoms with Crippen LogP contribution in [-0.2, 0) is 26.2 Å². The fourth-order valence-corrected chi connectivity index (χ4v) is 7.51. The van der Waals surface area contributed by atoms with Crippen molar-refractivity contribution in [3.05, 3.63) is 92.9 Å². The second kappa shape index (κ2) is 14.8. The van der Waals surface area contributed by atoms with Crippen molar-refractivity contribution >= 4 is 62.3 Å². The van der Waals surface area contributed by atoms with E-state index < -0.39 is 28.5 Å². The van der Waals surface area contributed by atoms with Gasteiger partial charge in [0.05, 0.1) is 10.6 Å². The Labute approximate surface area is 269 Å². The van der Waals surface area contributed by atoms with Crippen molar-refractivity contribution in [3.63, 3.8) is 0 Å². The number of hydrogen-bond donors (Lipinski definition) is 1. The Morgan fingerprint density at radius 1 is 0.930 bits per heavy atom. The van der Waals surface area contributed by atoms with Crippen molar-refractivity contribution in [2.45, 2.75) is 75.9 Å². The average Bonchev–Trinajstić information content (AvgIpc) is 2.99. The molecule has 1 aliphatic carbocycles. The number of benzene rings is 3. The number of carbonyl (C=O) groups is 2. The van der Waals surface area contributed by atoms with E-state index in [4.69, 9.17) is 34.8 Å². The van der Waals surface area contributed by atoms with Gasteiger partial charge in [-0.05, 0) is 73.7 Å². The predicted octanol–water partition coefficient (Wildman–Crippen LogP) is 7.41. The maximum absolute atomic E-state index is 14.3. The summed E-state index contributed by atoms with van der Waals surface area (Å²) < 4.78 is 29.1. The molecular formula is C32H36Cl3N3O4S. The first-order valence-corrected chi connectivity index (χ1v) is 17.0. The Morgan fingerprint density at radius 2 is 1.58 bits per heavy atom. The van der Waals surface area contributed by atoms with E-state index in [1.165, 1.54) is 23.1 Å². The lowest BCUT2D eigenvalue weighted by Crippen LogP contribution is -2.54. The summed E-state index contributed by atoms with van der Waals surface area (Å²) >= 11 is 18.9. The van der Waals surface area contributed by atoms with Crippen molar-refractivity contribution in [1.82, 2.24) is 10.2 Å². The number of nitrogens with one attached hydrogen (secondary N) is 1. The molecule has 1 N–H and O–H groups in total. The van der Waals surface area contributed by atoms with Crippen LogP contribution in [0.25, 0.3) is 0 Å². The zero-order valence-electron chi connectivity index (χ0n) is 24.2. The Bertz CT molecular complexity index is 1550. The molecule has 230 valence electrons. The molecule has 11 heteroatoms. The molecule has 0 bridgehead atoms. The van der Waals surface area contributed by atoms with Gasteiger partial charge in [-0.2, -0.15) is 0 Å². The van der Waals surface area contributed by atoms with E-state index in [0.717, 1.165) is 36.4 Å². The number of halogens is 3. The molecular weight excluding hydrogens is 629 g/mol. The monoisotopic (exact) mass is 663 g/mol. The van der Waals surface area contributed by atoms with Crippen LogP contribution in [-0.4, -0.2) is 43.8 Å². The second-order valence-corrected chi connectivity index (χ2v) is 13.9. The van der Waals surface area contributed by atoms with E-state index in [-0.39, 0.29) is 29.1 Å². The zero-order valence-corrected chi connectivity index (χ0v) is 27.3. The lowest BCUT2D eigenvalue weighted by Gasteiger charge is -2.35. The smallest absolute Gasteiger partial charge is 0.264 e. The Hall–Kier alpha value is -2.78. The summed E-state index contributed by atoms with van der Waals surface area (Å²) in [4.78, 5) is 29.4. The fourth-order valence-electron chi connectivity index (χ4n) is 5.38. The Kier molecular flexibility index (Phi) is 11.4. The van der Waals surface area contributed by atoms with Crippen LogP contribution in [0.4, 0.5) is 5.69 Å². The molecule has 0 heterocycles. The minimum Gasteiger partial charge on any atom is -0.352 e. The van der Waals surface area contributed by atoms with Crippen molar-refractivity contribution < 1.29 is 18.0 Å². The largest absolute Gasteiger partial charge is 0.352 e. The van der Waals surface area contributed by atoms with Gasteiger partial charge in [0.2, 0.25) is 11.8 Å². The molecule has 1 aliphatic rings. The number of hydrogen-bond acceptors (Lipinski definition) is 4. The first kappa shape index (κ1) is 33.1. The van der Waals surface area contributed by atoms with Gasteiger partial charge in [0.1, 0.15) is 12.6 Å². The lowest BCUT2D eigenvalue weighted by molar-refractivity contribution is -0.140. The summed E-state index contributed by atoms with van der Waals surface area (Å²) in [5.74, 6) is -0.834. The third kappa shape index (κ3) is 8.24. The molecule has 0 aliphatic heterocycles. The zero-order chi connectivity index (χ0) is 31.1. The van der Waals surface area contributed by atoms with Crippen LogP contribution < -0.4 is 9.62 Å². The molecule has 0 spiro atoms. The number of amides is 2. The van der Waals surface area contributed by atoms with Crippen LogP contribution in [0.3, 0.4) is 0 Å². The Morgan fingerprint density at radius 3 is 2.23 bits per heavy atom. The lowest BCUT2D eigenvalue weighted by atomic mass is 9.95. The molecule has 4 rings (SSSR count). The topological polar surface area (TPSA) is 86.8 Å². The van der Waals surface area contributed by atoms with Crippen LogP contribution in [0.1, 0.15) is 56.6 Å². The van der Waals surface area contributed by atoms with Gasteiger partial charge < -0.3 is 10.2 Å². The molecule has 0 aromatic heterocycles. The highest BCUT2D eigenvalue weighted by Gasteiger charge is 2.35. The standard InChI is InChI=1S/C32H36Cl3N3O4S/c1-3-29(32(40)36-26-10-6-4-7-11-26)37(20-23-15-17-24(33)18-28(23)35)31(39)21-38(30-19-25(34)16-14-22(30)2)43(41,42)27-12-8-5-9-13-27/h5,8-9,12-19,26,29H,3-4,6-7,10-11,20-21H2,1-2H3,(H,36,40). The van der Waals surface area contributed by atoms with Crippen LogP contribution in [0.15, 0.2) is 71.6 Å². The van der Waals surface area contributed by atoms with Crippen molar-refractivity contribution in [3.8, 4) is 0 Å². The van der Waals surface area contributed by atoms with Crippen molar-refractivity contribution in [2.24, 2.45) is 0 Å². The highest BCUT2D eigenvalue weighted by molar-refractivity contribution is 7.92. The fraction of sp³-hybridized carbons (Fsp3) is 0.375. The van der Waals surface area contributed by atoms with Gasteiger partial charge in [-0.1, -0.05) is 91.3 Å². The van der Waals surface area contributed by atoms with E-state index >= 15 is 0 Å². The molecule has 3 aromatic carbocycles. The van der Waals surface area contributed by atoms with Crippen LogP contribution in [0.2, 0.25) is 15.1 Å². The molecule has 1 saturated carbocycles. The third-order valence-corrected chi connectivity index (χ3v) is 10.3. The van der Waals surface area contributed by atoms with Gasteiger partial charge in [-0.3, -0.25) is 13.9 Å². The molecule has 0 radical (unpaired) electrons. The van der Waals surface area contributed by atoms with E-state index in [1.807, 2.05) is 6.92 Å². The first-order valence-electron chi connectivity index (χ1n) is 14.4. The molecule has 3 aromatic rings. The number of carbonyl (C=O) groups excluding carboxylic acids is 2. The van der Waals surface area contributed by atoms with Gasteiger partial charge >= 0.3 is 0 Å². The summed E-state index contributed by atoms with van der Waals surface area (Å²) in [6.07, 6.45) is 5.30. The quantitative estimate of drug-likeness (QED) is 0.231. The maximum Gasteiger partial charge on any atom is 0.264 e. The summed E-state index contributed by atoms with van der Waals surface area (Å²) in [6, 6.07) is 16.9. The summed E-state index contributed by atoms with van der Waals surface area (Å²) in [5.41, 5.74) is 1.47. The van der Waals surface area contributed by atoms with E-state index in [0.29, 0.717) is 32.6 Å².